The zero-order valence-corrected chi connectivity index (χ0v) is 14.2. The minimum absolute atomic E-state index is 0.216. The summed E-state index contributed by atoms with van der Waals surface area (Å²) in [7, 11) is 0. The van der Waals surface area contributed by atoms with Crippen LogP contribution in [0.25, 0.3) is 10.8 Å². The van der Waals surface area contributed by atoms with E-state index in [-0.39, 0.29) is 18.5 Å². The number of amides is 1. The Labute approximate surface area is 147 Å². The molecule has 0 aliphatic heterocycles. The molecule has 3 atom stereocenters. The second-order valence-corrected chi connectivity index (χ2v) is 7.41. The topological polar surface area (TPSA) is 55.4 Å². The first-order valence-corrected chi connectivity index (χ1v) is 9.11. The third kappa shape index (κ3) is 3.68. The molecule has 0 spiro atoms. The first kappa shape index (κ1) is 16.1. The van der Waals surface area contributed by atoms with E-state index >= 15 is 0 Å². The third-order valence-electron chi connectivity index (χ3n) is 5.71. The summed E-state index contributed by atoms with van der Waals surface area (Å²) in [6, 6.07) is 13.7. The molecule has 0 heterocycles. The lowest BCUT2D eigenvalue weighted by molar-refractivity contribution is -0.148. The molecule has 2 aliphatic rings. The van der Waals surface area contributed by atoms with Crippen LogP contribution in [-0.4, -0.2) is 18.5 Å². The van der Waals surface area contributed by atoms with Crippen molar-refractivity contribution in [2.75, 3.05) is 11.9 Å². The molecule has 2 saturated carbocycles. The molecule has 4 rings (SSSR count). The van der Waals surface area contributed by atoms with E-state index in [2.05, 4.69) is 5.32 Å². The minimum atomic E-state index is -0.295. The molecule has 0 radical (unpaired) electrons. The third-order valence-corrected chi connectivity index (χ3v) is 5.71. The first-order valence-electron chi connectivity index (χ1n) is 9.11. The van der Waals surface area contributed by atoms with E-state index in [1.54, 1.807) is 0 Å². The molecular formula is C21H23NO3. The molecular weight excluding hydrogens is 314 g/mol. The Balaban J connectivity index is 1.26. The lowest BCUT2D eigenvalue weighted by Crippen LogP contribution is -2.23. The van der Waals surface area contributed by atoms with Crippen LogP contribution in [0, 0.1) is 17.8 Å². The Hall–Kier alpha value is -2.36. The van der Waals surface area contributed by atoms with Gasteiger partial charge in [0.2, 0.25) is 0 Å². The molecule has 2 aromatic rings. The number of rotatable bonds is 5. The van der Waals surface area contributed by atoms with Crippen LogP contribution in [-0.2, 0) is 14.3 Å². The van der Waals surface area contributed by atoms with Crippen molar-refractivity contribution in [1.29, 1.82) is 0 Å². The van der Waals surface area contributed by atoms with Gasteiger partial charge in [0.15, 0.2) is 6.61 Å². The predicted molar refractivity (Wildman–Crippen MR) is 97.1 cm³/mol. The van der Waals surface area contributed by atoms with Gasteiger partial charge in [0.1, 0.15) is 0 Å². The second-order valence-electron chi connectivity index (χ2n) is 7.41. The van der Waals surface area contributed by atoms with Crippen molar-refractivity contribution in [3.8, 4) is 0 Å². The SMILES string of the molecule is O=C(COC(=O)C[C@@H]1C[C@H]2CC[C@H]1C2)Nc1ccc2ccccc2c1. The lowest BCUT2D eigenvalue weighted by atomic mass is 9.86. The monoisotopic (exact) mass is 337 g/mol. The van der Waals surface area contributed by atoms with Crippen molar-refractivity contribution in [3.05, 3.63) is 42.5 Å². The Morgan fingerprint density at radius 2 is 1.88 bits per heavy atom. The van der Waals surface area contributed by atoms with Crippen LogP contribution in [0.15, 0.2) is 42.5 Å². The van der Waals surface area contributed by atoms with Crippen LogP contribution in [0.1, 0.15) is 32.1 Å². The highest BCUT2D eigenvalue weighted by atomic mass is 16.5. The molecule has 2 bridgehead atoms. The number of esters is 1. The molecule has 130 valence electrons. The van der Waals surface area contributed by atoms with Crippen molar-refractivity contribution in [3.63, 3.8) is 0 Å². The van der Waals surface area contributed by atoms with Gasteiger partial charge in [-0.1, -0.05) is 36.8 Å². The summed E-state index contributed by atoms with van der Waals surface area (Å²) in [4.78, 5) is 24.0. The van der Waals surface area contributed by atoms with Gasteiger partial charge < -0.3 is 10.1 Å². The standard InChI is InChI=1S/C21H23NO3/c23-20(22-19-8-7-15-3-1-2-4-16(15)11-19)13-25-21(24)12-18-10-14-5-6-17(18)9-14/h1-4,7-8,11,14,17-18H,5-6,9-10,12-13H2,(H,22,23)/t14-,17-,18-/m0/s1. The van der Waals surface area contributed by atoms with Gasteiger partial charge in [-0.25, -0.2) is 0 Å². The fourth-order valence-electron chi connectivity index (χ4n) is 4.51. The highest BCUT2D eigenvalue weighted by molar-refractivity contribution is 5.95. The minimum Gasteiger partial charge on any atom is -0.456 e. The largest absolute Gasteiger partial charge is 0.456 e. The molecule has 2 fully saturated rings. The van der Waals surface area contributed by atoms with Gasteiger partial charge >= 0.3 is 5.97 Å². The van der Waals surface area contributed by atoms with Gasteiger partial charge in [-0.15, -0.1) is 0 Å². The molecule has 4 heteroatoms. The Kier molecular flexibility index (Phi) is 4.43. The van der Waals surface area contributed by atoms with Crippen molar-refractivity contribution in [2.45, 2.75) is 32.1 Å². The summed E-state index contributed by atoms with van der Waals surface area (Å²) < 4.78 is 5.18. The highest BCUT2D eigenvalue weighted by Gasteiger charge is 2.40. The maximum Gasteiger partial charge on any atom is 0.306 e. The molecule has 25 heavy (non-hydrogen) atoms. The average Bonchev–Trinajstić information content (AvgIpc) is 3.23. The van der Waals surface area contributed by atoms with E-state index < -0.39 is 0 Å². The molecule has 1 amide bonds. The van der Waals surface area contributed by atoms with Gasteiger partial charge in [0, 0.05) is 12.1 Å². The number of nitrogens with one attached hydrogen (secondary N) is 1. The smallest absolute Gasteiger partial charge is 0.306 e. The Bertz CT molecular complexity index is 801. The summed E-state index contributed by atoms with van der Waals surface area (Å²) in [6.45, 7) is -0.216. The van der Waals surface area contributed by atoms with E-state index in [0.717, 1.165) is 23.1 Å². The van der Waals surface area contributed by atoms with Crippen molar-refractivity contribution in [1.82, 2.24) is 0 Å². The summed E-state index contributed by atoms with van der Waals surface area (Å²) in [6.07, 6.45) is 5.48. The fourth-order valence-corrected chi connectivity index (χ4v) is 4.51. The van der Waals surface area contributed by atoms with Gasteiger partial charge in [-0.3, -0.25) is 9.59 Å². The highest BCUT2D eigenvalue weighted by Crippen LogP contribution is 2.49. The maximum absolute atomic E-state index is 12.0. The average molecular weight is 337 g/mol. The lowest BCUT2D eigenvalue weighted by Gasteiger charge is -2.20. The zero-order chi connectivity index (χ0) is 17.2. The molecule has 0 unspecified atom stereocenters. The summed E-state index contributed by atoms with van der Waals surface area (Å²) in [5.74, 6) is 1.44. The van der Waals surface area contributed by atoms with Gasteiger partial charge in [0.05, 0.1) is 0 Å². The number of fused-ring (bicyclic) bond motifs is 3. The van der Waals surface area contributed by atoms with Crippen LogP contribution in [0.4, 0.5) is 5.69 Å². The van der Waals surface area contributed by atoms with Crippen LogP contribution < -0.4 is 5.32 Å². The number of hydrogen-bond acceptors (Lipinski definition) is 3. The molecule has 0 saturated heterocycles. The normalized spacial score (nSPS) is 24.4. The molecule has 4 nitrogen and oxygen atoms in total. The van der Waals surface area contributed by atoms with E-state index in [9.17, 15) is 9.59 Å². The first-order chi connectivity index (χ1) is 12.2. The van der Waals surface area contributed by atoms with Crippen molar-refractivity contribution < 1.29 is 14.3 Å². The number of ether oxygens (including phenoxy) is 1. The molecule has 1 N–H and O–H groups in total. The molecule has 2 aromatic carbocycles. The summed E-state index contributed by atoms with van der Waals surface area (Å²) >= 11 is 0. The van der Waals surface area contributed by atoms with Gasteiger partial charge in [-0.2, -0.15) is 0 Å². The van der Waals surface area contributed by atoms with Crippen molar-refractivity contribution in [2.24, 2.45) is 17.8 Å². The van der Waals surface area contributed by atoms with E-state index in [1.165, 1.54) is 19.3 Å². The van der Waals surface area contributed by atoms with Crippen LogP contribution in [0.2, 0.25) is 0 Å². The van der Waals surface area contributed by atoms with Crippen LogP contribution in [0.3, 0.4) is 0 Å². The fraction of sp³-hybridized carbons (Fsp3) is 0.429. The van der Waals surface area contributed by atoms with Crippen LogP contribution >= 0.6 is 0 Å². The zero-order valence-electron chi connectivity index (χ0n) is 14.2. The molecule has 2 aliphatic carbocycles. The number of carbonyl (C=O) groups is 2. The number of carbonyl (C=O) groups excluding carboxylic acids is 2. The maximum atomic E-state index is 12.0. The summed E-state index contributed by atoms with van der Waals surface area (Å²) in [5, 5.41) is 4.98. The van der Waals surface area contributed by atoms with E-state index in [1.807, 2.05) is 42.5 Å². The number of anilines is 1. The Morgan fingerprint density at radius 3 is 2.64 bits per heavy atom. The predicted octanol–water partition coefficient (Wildman–Crippen LogP) is 4.15. The number of benzene rings is 2. The quantitative estimate of drug-likeness (QED) is 0.834. The van der Waals surface area contributed by atoms with Crippen LogP contribution in [0.5, 0.6) is 0 Å². The van der Waals surface area contributed by atoms with E-state index in [4.69, 9.17) is 4.74 Å². The number of hydrogen-bond donors (Lipinski definition) is 1. The molecule has 0 aromatic heterocycles. The second kappa shape index (κ2) is 6.87. The summed E-state index contributed by atoms with van der Waals surface area (Å²) in [5.41, 5.74) is 0.716. The van der Waals surface area contributed by atoms with Gasteiger partial charge in [0.25, 0.3) is 5.91 Å². The van der Waals surface area contributed by atoms with E-state index in [0.29, 0.717) is 23.9 Å². The Morgan fingerprint density at radius 1 is 1.04 bits per heavy atom. The van der Waals surface area contributed by atoms with Crippen molar-refractivity contribution >= 4 is 28.3 Å². The van der Waals surface area contributed by atoms with Gasteiger partial charge in [-0.05, 0) is 59.9 Å².